The fourth-order valence-electron chi connectivity index (χ4n) is 4.14. The number of sulfonamides is 1. The number of anilines is 1. The summed E-state index contributed by atoms with van der Waals surface area (Å²) in [6.45, 7) is 1.89. The minimum absolute atomic E-state index is 0.111. The maximum absolute atomic E-state index is 13.2. The van der Waals surface area contributed by atoms with Crippen molar-refractivity contribution in [2.75, 3.05) is 18.9 Å². The van der Waals surface area contributed by atoms with Crippen LogP contribution >= 0.6 is 23.2 Å². The molecule has 1 N–H and O–H groups in total. The second-order valence-electron chi connectivity index (χ2n) is 8.71. The zero-order valence-corrected chi connectivity index (χ0v) is 23.5. The average molecular weight is 580 g/mol. The highest BCUT2D eigenvalue weighted by Crippen LogP contribution is 2.42. The second kappa shape index (κ2) is 10.7. The van der Waals surface area contributed by atoms with Crippen LogP contribution in [0.4, 0.5) is 5.69 Å². The van der Waals surface area contributed by atoms with E-state index in [4.69, 9.17) is 42.6 Å². The Morgan fingerprint density at radius 1 is 0.718 bits per heavy atom. The molecule has 0 aliphatic carbocycles. The van der Waals surface area contributed by atoms with Crippen LogP contribution in [0.5, 0.6) is 11.5 Å². The Labute approximate surface area is 236 Å². The number of benzene rings is 4. The fraction of sp³-hybridized carbons (Fsp3) is 0.103. The van der Waals surface area contributed by atoms with Gasteiger partial charge in [-0.25, -0.2) is 18.4 Å². The van der Waals surface area contributed by atoms with Crippen LogP contribution in [0.25, 0.3) is 33.5 Å². The standard InChI is InChI=1S/C29H23Cl2N3O4S/c1-17-4-14-22(15-5-17)39(35,36)34-23-16-24(37-2)27-28(29(23)38-3)33-26(19-8-12-21(31)13-9-19)25(32-27)18-6-10-20(30)11-7-18/h4-16,34H,1-3H3. The van der Waals surface area contributed by atoms with Gasteiger partial charge in [0.25, 0.3) is 10.0 Å². The minimum Gasteiger partial charge on any atom is -0.494 e. The first-order valence-electron chi connectivity index (χ1n) is 11.8. The van der Waals surface area contributed by atoms with Gasteiger partial charge in [0, 0.05) is 27.2 Å². The molecule has 0 unspecified atom stereocenters. The smallest absolute Gasteiger partial charge is 0.262 e. The number of nitrogens with zero attached hydrogens (tertiary/aromatic N) is 2. The molecular formula is C29H23Cl2N3O4S. The SMILES string of the molecule is COc1cc(NS(=O)(=O)c2ccc(C)cc2)c(OC)c2nc(-c3ccc(Cl)cc3)c(-c3ccc(Cl)cc3)nc12. The van der Waals surface area contributed by atoms with Gasteiger partial charge in [-0.3, -0.25) is 4.72 Å². The predicted octanol–water partition coefficient (Wildman–Crippen LogP) is 7.40. The lowest BCUT2D eigenvalue weighted by Gasteiger charge is -2.18. The van der Waals surface area contributed by atoms with Gasteiger partial charge >= 0.3 is 0 Å². The van der Waals surface area contributed by atoms with E-state index in [2.05, 4.69) is 4.72 Å². The zero-order chi connectivity index (χ0) is 27.7. The molecule has 0 fully saturated rings. The molecule has 0 atom stereocenters. The van der Waals surface area contributed by atoms with Crippen LogP contribution in [0.15, 0.2) is 83.8 Å². The zero-order valence-electron chi connectivity index (χ0n) is 21.2. The van der Waals surface area contributed by atoms with E-state index in [0.29, 0.717) is 38.2 Å². The van der Waals surface area contributed by atoms with Gasteiger partial charge in [0.2, 0.25) is 0 Å². The Balaban J connectivity index is 1.76. The minimum atomic E-state index is -3.94. The van der Waals surface area contributed by atoms with Gasteiger partial charge in [0.15, 0.2) is 5.75 Å². The molecule has 7 nitrogen and oxygen atoms in total. The lowest BCUT2D eigenvalue weighted by Crippen LogP contribution is -2.14. The second-order valence-corrected chi connectivity index (χ2v) is 11.3. The van der Waals surface area contributed by atoms with Crippen LogP contribution in [0.2, 0.25) is 10.0 Å². The number of fused-ring (bicyclic) bond motifs is 1. The van der Waals surface area contributed by atoms with Crippen molar-refractivity contribution in [1.29, 1.82) is 0 Å². The van der Waals surface area contributed by atoms with E-state index < -0.39 is 10.0 Å². The van der Waals surface area contributed by atoms with E-state index >= 15 is 0 Å². The molecule has 0 radical (unpaired) electrons. The predicted molar refractivity (Wildman–Crippen MR) is 156 cm³/mol. The van der Waals surface area contributed by atoms with E-state index in [-0.39, 0.29) is 16.3 Å². The van der Waals surface area contributed by atoms with E-state index in [1.165, 1.54) is 20.3 Å². The summed E-state index contributed by atoms with van der Waals surface area (Å²) in [5.41, 5.74) is 4.49. The van der Waals surface area contributed by atoms with Crippen molar-refractivity contribution in [3.63, 3.8) is 0 Å². The van der Waals surface area contributed by atoms with Crippen LogP contribution in [0, 0.1) is 6.92 Å². The summed E-state index contributed by atoms with van der Waals surface area (Å²) >= 11 is 12.3. The number of halogens is 2. The van der Waals surface area contributed by atoms with E-state index in [9.17, 15) is 8.42 Å². The third kappa shape index (κ3) is 5.36. The van der Waals surface area contributed by atoms with Gasteiger partial charge in [-0.05, 0) is 43.3 Å². The Morgan fingerprint density at radius 3 is 1.72 bits per heavy atom. The number of rotatable bonds is 7. The van der Waals surface area contributed by atoms with Crippen LogP contribution in [-0.4, -0.2) is 32.6 Å². The number of ether oxygens (including phenoxy) is 2. The van der Waals surface area contributed by atoms with Crippen molar-refractivity contribution >= 4 is 49.9 Å². The maximum Gasteiger partial charge on any atom is 0.262 e. The number of aromatic nitrogens is 2. The first-order valence-corrected chi connectivity index (χ1v) is 14.0. The molecule has 0 spiro atoms. The summed E-state index contributed by atoms with van der Waals surface area (Å²) < 4.78 is 40.5. The molecule has 0 amide bonds. The van der Waals surface area contributed by atoms with Crippen LogP contribution < -0.4 is 14.2 Å². The number of nitrogens with one attached hydrogen (secondary N) is 1. The quantitative estimate of drug-likeness (QED) is 0.216. The van der Waals surface area contributed by atoms with Crippen molar-refractivity contribution in [1.82, 2.24) is 9.97 Å². The van der Waals surface area contributed by atoms with Crippen LogP contribution in [-0.2, 0) is 10.0 Å². The molecule has 0 aliphatic rings. The largest absolute Gasteiger partial charge is 0.494 e. The van der Waals surface area contributed by atoms with Crippen molar-refractivity contribution in [3.8, 4) is 34.0 Å². The number of hydrogen-bond acceptors (Lipinski definition) is 6. The van der Waals surface area contributed by atoms with E-state index in [1.807, 2.05) is 31.2 Å². The monoisotopic (exact) mass is 579 g/mol. The molecule has 0 saturated heterocycles. The number of methoxy groups -OCH3 is 2. The first kappa shape index (κ1) is 26.7. The third-order valence-corrected chi connectivity index (χ3v) is 7.98. The molecule has 0 bridgehead atoms. The molecule has 5 aromatic rings. The lowest BCUT2D eigenvalue weighted by molar-refractivity contribution is 0.410. The molecule has 198 valence electrons. The average Bonchev–Trinajstić information content (AvgIpc) is 2.93. The third-order valence-electron chi connectivity index (χ3n) is 6.10. The highest BCUT2D eigenvalue weighted by molar-refractivity contribution is 7.92. The topological polar surface area (TPSA) is 90.4 Å². The first-order chi connectivity index (χ1) is 18.7. The highest BCUT2D eigenvalue weighted by atomic mass is 35.5. The molecule has 5 rings (SSSR count). The van der Waals surface area contributed by atoms with Gasteiger partial charge in [-0.15, -0.1) is 0 Å². The maximum atomic E-state index is 13.2. The fourth-order valence-corrected chi connectivity index (χ4v) is 5.44. The molecule has 10 heteroatoms. The Bertz CT molecular complexity index is 1780. The molecule has 1 aromatic heterocycles. The van der Waals surface area contributed by atoms with Gasteiger partial charge < -0.3 is 9.47 Å². The molecule has 4 aromatic carbocycles. The van der Waals surface area contributed by atoms with Gasteiger partial charge in [-0.2, -0.15) is 0 Å². The summed E-state index contributed by atoms with van der Waals surface area (Å²) in [7, 11) is -1.01. The Kier molecular flexibility index (Phi) is 7.36. The molecule has 1 heterocycles. The summed E-state index contributed by atoms with van der Waals surface area (Å²) in [5.74, 6) is 0.518. The number of hydrogen-bond donors (Lipinski definition) is 1. The van der Waals surface area contributed by atoms with Crippen LogP contribution in [0.1, 0.15) is 5.56 Å². The van der Waals surface area contributed by atoms with Gasteiger partial charge in [0.1, 0.15) is 16.8 Å². The molecule has 0 aliphatic heterocycles. The van der Waals surface area contributed by atoms with Crippen LogP contribution in [0.3, 0.4) is 0 Å². The molecule has 0 saturated carbocycles. The summed E-state index contributed by atoms with van der Waals surface area (Å²) in [4.78, 5) is 10.00. The molecule has 39 heavy (non-hydrogen) atoms. The van der Waals surface area contributed by atoms with Gasteiger partial charge in [0.05, 0.1) is 36.2 Å². The van der Waals surface area contributed by atoms with Crippen molar-refractivity contribution < 1.29 is 17.9 Å². The summed E-state index contributed by atoms with van der Waals surface area (Å²) in [6, 6.07) is 22.5. The van der Waals surface area contributed by atoms with E-state index in [0.717, 1.165) is 16.7 Å². The number of aryl methyl sites for hydroxylation is 1. The van der Waals surface area contributed by atoms with Crippen molar-refractivity contribution in [2.24, 2.45) is 0 Å². The lowest BCUT2D eigenvalue weighted by atomic mass is 10.0. The Hall–Kier alpha value is -3.85. The normalized spacial score (nSPS) is 11.4. The van der Waals surface area contributed by atoms with Crippen molar-refractivity contribution in [3.05, 3.63) is 94.5 Å². The highest BCUT2D eigenvalue weighted by Gasteiger charge is 2.24. The summed E-state index contributed by atoms with van der Waals surface area (Å²) in [5, 5.41) is 1.16. The Morgan fingerprint density at radius 2 is 1.23 bits per heavy atom. The van der Waals surface area contributed by atoms with Gasteiger partial charge in [-0.1, -0.05) is 65.2 Å². The molecular weight excluding hydrogens is 557 g/mol. The van der Waals surface area contributed by atoms with Crippen molar-refractivity contribution in [2.45, 2.75) is 11.8 Å². The summed E-state index contributed by atoms with van der Waals surface area (Å²) in [6.07, 6.45) is 0. The van der Waals surface area contributed by atoms with E-state index in [1.54, 1.807) is 48.5 Å².